The van der Waals surface area contributed by atoms with Gasteiger partial charge in [0.15, 0.2) is 0 Å². The van der Waals surface area contributed by atoms with Gasteiger partial charge >= 0.3 is 0 Å². The summed E-state index contributed by atoms with van der Waals surface area (Å²) in [4.78, 5) is 8.42. The van der Waals surface area contributed by atoms with E-state index >= 15 is 0 Å². The maximum Gasteiger partial charge on any atom is 0.222 e. The van der Waals surface area contributed by atoms with E-state index in [-0.39, 0.29) is 0 Å². The molecule has 110 valence electrons. The van der Waals surface area contributed by atoms with Crippen LogP contribution in [0, 0.1) is 13.8 Å². The van der Waals surface area contributed by atoms with Crippen LogP contribution in [0.1, 0.15) is 11.1 Å². The predicted octanol–water partition coefficient (Wildman–Crippen LogP) is 4.68. The topological polar surface area (TPSA) is 44.2 Å². The van der Waals surface area contributed by atoms with Gasteiger partial charge in [-0.3, -0.25) is 0 Å². The molecule has 0 saturated heterocycles. The normalized spacial score (nSPS) is 10.3. The van der Waals surface area contributed by atoms with Crippen LogP contribution >= 0.6 is 0 Å². The fourth-order valence-corrected chi connectivity index (χ4v) is 1.96. The van der Waals surface area contributed by atoms with Crippen molar-refractivity contribution in [1.29, 1.82) is 0 Å². The zero-order chi connectivity index (χ0) is 15.4. The highest BCUT2D eigenvalue weighted by Gasteiger charge is 2.04. The highest BCUT2D eigenvalue weighted by Crippen LogP contribution is 2.27. The Hall–Kier alpha value is -2.88. The Balaban J connectivity index is 1.73. The summed E-state index contributed by atoms with van der Waals surface area (Å²) in [5, 5.41) is 0. The van der Waals surface area contributed by atoms with Gasteiger partial charge in [-0.1, -0.05) is 12.1 Å². The van der Waals surface area contributed by atoms with Crippen molar-refractivity contribution in [2.24, 2.45) is 0 Å². The van der Waals surface area contributed by atoms with Gasteiger partial charge in [0.1, 0.15) is 11.5 Å². The lowest BCUT2D eigenvalue weighted by Gasteiger charge is -2.09. The van der Waals surface area contributed by atoms with Crippen molar-refractivity contribution >= 4 is 0 Å². The molecule has 4 nitrogen and oxygen atoms in total. The molecule has 0 spiro atoms. The van der Waals surface area contributed by atoms with E-state index in [0.717, 1.165) is 11.1 Å². The van der Waals surface area contributed by atoms with Crippen LogP contribution in [-0.4, -0.2) is 9.97 Å². The molecule has 0 aliphatic rings. The van der Waals surface area contributed by atoms with Gasteiger partial charge in [0.2, 0.25) is 11.8 Å². The molecule has 0 bridgehead atoms. The number of aromatic nitrogens is 2. The molecule has 2 heterocycles. The third kappa shape index (κ3) is 3.23. The summed E-state index contributed by atoms with van der Waals surface area (Å²) in [6.45, 7) is 3.92. The molecule has 0 atom stereocenters. The first-order valence-corrected chi connectivity index (χ1v) is 7.01. The lowest BCUT2D eigenvalue weighted by molar-refractivity contribution is 0.446. The minimum Gasteiger partial charge on any atom is -0.439 e. The van der Waals surface area contributed by atoms with Crippen LogP contribution in [-0.2, 0) is 0 Å². The maximum atomic E-state index is 5.76. The molecule has 0 saturated carbocycles. The van der Waals surface area contributed by atoms with Gasteiger partial charge in [-0.2, -0.15) is 0 Å². The second kappa shape index (κ2) is 6.26. The molecule has 0 N–H and O–H groups in total. The minimum atomic E-state index is 0.608. The fourth-order valence-electron chi connectivity index (χ4n) is 1.96. The molecule has 3 aromatic rings. The Kier molecular flexibility index (Phi) is 4.01. The molecule has 0 aliphatic carbocycles. The van der Waals surface area contributed by atoms with E-state index < -0.39 is 0 Å². The summed E-state index contributed by atoms with van der Waals surface area (Å²) < 4.78 is 11.5. The van der Waals surface area contributed by atoms with E-state index in [1.165, 1.54) is 0 Å². The zero-order valence-electron chi connectivity index (χ0n) is 12.5. The van der Waals surface area contributed by atoms with Gasteiger partial charge in [0.25, 0.3) is 0 Å². The van der Waals surface area contributed by atoms with Crippen LogP contribution in [0.2, 0.25) is 0 Å². The summed E-state index contributed by atoms with van der Waals surface area (Å²) in [5.74, 6) is 2.65. The molecule has 0 aliphatic heterocycles. The molecule has 4 heteroatoms. The Morgan fingerprint density at radius 2 is 1.05 bits per heavy atom. The molecule has 0 amide bonds. The van der Waals surface area contributed by atoms with E-state index in [1.807, 2.05) is 62.4 Å². The number of pyridine rings is 2. The van der Waals surface area contributed by atoms with Crippen molar-refractivity contribution in [2.75, 3.05) is 0 Å². The third-order valence-electron chi connectivity index (χ3n) is 3.18. The van der Waals surface area contributed by atoms with E-state index in [2.05, 4.69) is 9.97 Å². The number of aryl methyl sites for hydroxylation is 2. The molecule has 0 radical (unpaired) electrons. The zero-order valence-corrected chi connectivity index (χ0v) is 12.5. The van der Waals surface area contributed by atoms with Crippen molar-refractivity contribution in [3.63, 3.8) is 0 Å². The number of rotatable bonds is 4. The van der Waals surface area contributed by atoms with Gasteiger partial charge in [-0.15, -0.1) is 0 Å². The summed E-state index contributed by atoms with van der Waals surface area (Å²) >= 11 is 0. The van der Waals surface area contributed by atoms with E-state index in [4.69, 9.17) is 9.47 Å². The molecule has 3 rings (SSSR count). The minimum absolute atomic E-state index is 0.608. The van der Waals surface area contributed by atoms with Crippen LogP contribution in [0.15, 0.2) is 60.9 Å². The van der Waals surface area contributed by atoms with E-state index in [0.29, 0.717) is 23.3 Å². The molecular formula is C18H16N2O2. The summed E-state index contributed by atoms with van der Waals surface area (Å²) in [5.41, 5.74) is 1.99. The second-order valence-corrected chi connectivity index (χ2v) is 4.93. The smallest absolute Gasteiger partial charge is 0.222 e. The fraction of sp³-hybridized carbons (Fsp3) is 0.111. The van der Waals surface area contributed by atoms with Gasteiger partial charge < -0.3 is 9.47 Å². The summed E-state index contributed by atoms with van der Waals surface area (Å²) in [6, 6.07) is 15.1. The molecule has 22 heavy (non-hydrogen) atoms. The number of ether oxygens (including phenoxy) is 2. The Labute approximate surface area is 129 Å². The third-order valence-corrected chi connectivity index (χ3v) is 3.18. The largest absolute Gasteiger partial charge is 0.439 e. The number of benzene rings is 1. The summed E-state index contributed by atoms with van der Waals surface area (Å²) in [7, 11) is 0. The Morgan fingerprint density at radius 1 is 0.636 bits per heavy atom. The quantitative estimate of drug-likeness (QED) is 0.700. The molecule has 2 aromatic heterocycles. The van der Waals surface area contributed by atoms with Crippen LogP contribution in [0.4, 0.5) is 0 Å². The van der Waals surface area contributed by atoms with Crippen LogP contribution < -0.4 is 9.47 Å². The highest BCUT2D eigenvalue weighted by atomic mass is 16.5. The highest BCUT2D eigenvalue weighted by molar-refractivity contribution is 5.37. The second-order valence-electron chi connectivity index (χ2n) is 4.93. The van der Waals surface area contributed by atoms with Crippen LogP contribution in [0.25, 0.3) is 0 Å². The molecule has 0 fully saturated rings. The van der Waals surface area contributed by atoms with Crippen molar-refractivity contribution in [3.05, 3.63) is 72.1 Å². The average molecular weight is 292 g/mol. The van der Waals surface area contributed by atoms with Crippen molar-refractivity contribution in [3.8, 4) is 23.3 Å². The lowest BCUT2D eigenvalue weighted by Crippen LogP contribution is -1.92. The van der Waals surface area contributed by atoms with Gasteiger partial charge in [-0.05, 0) is 50.2 Å². The first-order valence-electron chi connectivity index (χ1n) is 7.01. The maximum absolute atomic E-state index is 5.76. The monoisotopic (exact) mass is 292 g/mol. The molecular weight excluding hydrogens is 276 g/mol. The SMILES string of the molecule is Cc1cccnc1Oc1ccc(Oc2ncccc2C)cc1. The predicted molar refractivity (Wildman–Crippen MR) is 84.5 cm³/mol. The van der Waals surface area contributed by atoms with Gasteiger partial charge in [0.05, 0.1) is 0 Å². The average Bonchev–Trinajstić information content (AvgIpc) is 2.54. The standard InChI is InChI=1S/C18H16N2O2/c1-13-5-3-11-19-17(13)21-15-7-9-16(10-8-15)22-18-14(2)6-4-12-20-18/h3-12H,1-2H3. The Bertz CT molecular complexity index is 704. The first-order chi connectivity index (χ1) is 10.7. The number of nitrogens with zero attached hydrogens (tertiary/aromatic N) is 2. The van der Waals surface area contributed by atoms with Crippen molar-refractivity contribution < 1.29 is 9.47 Å². The lowest BCUT2D eigenvalue weighted by atomic mass is 10.3. The summed E-state index contributed by atoms with van der Waals surface area (Å²) in [6.07, 6.45) is 3.42. The van der Waals surface area contributed by atoms with E-state index in [9.17, 15) is 0 Å². The molecule has 0 unspecified atom stereocenters. The van der Waals surface area contributed by atoms with E-state index in [1.54, 1.807) is 12.4 Å². The van der Waals surface area contributed by atoms with Crippen LogP contribution in [0.3, 0.4) is 0 Å². The van der Waals surface area contributed by atoms with Gasteiger partial charge in [-0.25, -0.2) is 9.97 Å². The molecule has 1 aromatic carbocycles. The Morgan fingerprint density at radius 3 is 1.41 bits per heavy atom. The number of hydrogen-bond acceptors (Lipinski definition) is 4. The van der Waals surface area contributed by atoms with Gasteiger partial charge in [0, 0.05) is 23.5 Å². The van der Waals surface area contributed by atoms with Crippen LogP contribution in [0.5, 0.6) is 23.3 Å². The number of hydrogen-bond donors (Lipinski definition) is 0. The van der Waals surface area contributed by atoms with Crippen molar-refractivity contribution in [2.45, 2.75) is 13.8 Å². The van der Waals surface area contributed by atoms with Crippen molar-refractivity contribution in [1.82, 2.24) is 9.97 Å². The first kappa shape index (κ1) is 14.1.